The van der Waals surface area contributed by atoms with Crippen LogP contribution in [0.4, 0.5) is 5.69 Å². The number of hydrogen-bond donors (Lipinski definition) is 2. The zero-order valence-corrected chi connectivity index (χ0v) is 15.1. The lowest BCUT2D eigenvalue weighted by Crippen LogP contribution is -2.25. The summed E-state index contributed by atoms with van der Waals surface area (Å²) in [5.74, 6) is -0.0227. The number of allylic oxidation sites excluding steroid dienone is 1. The summed E-state index contributed by atoms with van der Waals surface area (Å²) in [4.78, 5) is 12.1. The second-order valence-electron chi connectivity index (χ2n) is 6.28. The van der Waals surface area contributed by atoms with Crippen LogP contribution in [0.25, 0.3) is 10.8 Å². The van der Waals surface area contributed by atoms with Crippen LogP contribution in [0, 0.1) is 0 Å². The van der Waals surface area contributed by atoms with Crippen LogP contribution in [-0.2, 0) is 16.0 Å². The molecule has 0 radical (unpaired) electrons. The molecule has 138 valence electrons. The summed E-state index contributed by atoms with van der Waals surface area (Å²) in [5, 5.41) is 2.27. The summed E-state index contributed by atoms with van der Waals surface area (Å²) in [6.45, 7) is 1.61. The van der Waals surface area contributed by atoms with Gasteiger partial charge in [0.2, 0.25) is 0 Å². The molecule has 3 aromatic carbocycles. The van der Waals surface area contributed by atoms with Crippen molar-refractivity contribution in [1.29, 1.82) is 0 Å². The van der Waals surface area contributed by atoms with Crippen molar-refractivity contribution in [2.24, 2.45) is 5.73 Å². The maximum Gasteiger partial charge on any atom is 0.351 e. The van der Waals surface area contributed by atoms with E-state index >= 15 is 0 Å². The Balaban J connectivity index is 1.61. The molecule has 5 heteroatoms. The first kappa shape index (κ1) is 18.3. The van der Waals surface area contributed by atoms with Gasteiger partial charge in [-0.2, -0.15) is 0 Å². The van der Waals surface area contributed by atoms with E-state index in [0.29, 0.717) is 23.6 Å². The molecule has 0 aliphatic heterocycles. The fraction of sp³-hybridized carbons (Fsp3) is 0.136. The predicted molar refractivity (Wildman–Crippen MR) is 107 cm³/mol. The van der Waals surface area contributed by atoms with Crippen LogP contribution >= 0.6 is 0 Å². The van der Waals surface area contributed by atoms with Gasteiger partial charge in [0.05, 0.1) is 0 Å². The molecule has 0 amide bonds. The molecule has 1 atom stereocenters. The number of fused-ring (bicyclic) bond motifs is 1. The van der Waals surface area contributed by atoms with Gasteiger partial charge in [-0.25, -0.2) is 4.79 Å². The van der Waals surface area contributed by atoms with Crippen molar-refractivity contribution in [3.8, 4) is 5.75 Å². The lowest BCUT2D eigenvalue weighted by molar-refractivity contribution is -0.145. The summed E-state index contributed by atoms with van der Waals surface area (Å²) in [6.07, 6.45) is 0.982. The first-order valence-corrected chi connectivity index (χ1v) is 8.67. The van der Waals surface area contributed by atoms with Crippen molar-refractivity contribution in [2.75, 3.05) is 5.73 Å². The summed E-state index contributed by atoms with van der Waals surface area (Å²) < 4.78 is 10.7. The molecule has 1 unspecified atom stereocenters. The number of nitrogens with two attached hydrogens (primary N) is 2. The molecular weight excluding hydrogens is 340 g/mol. The largest absolute Gasteiger partial charge is 0.479 e. The minimum Gasteiger partial charge on any atom is -0.479 e. The van der Waals surface area contributed by atoms with Crippen LogP contribution in [0.15, 0.2) is 78.7 Å². The topological polar surface area (TPSA) is 87.6 Å². The number of rotatable bonds is 6. The molecule has 0 fully saturated rings. The fourth-order valence-corrected chi connectivity index (χ4v) is 2.78. The van der Waals surface area contributed by atoms with Crippen LogP contribution in [-0.4, -0.2) is 12.1 Å². The van der Waals surface area contributed by atoms with Crippen molar-refractivity contribution < 1.29 is 14.3 Å². The second kappa shape index (κ2) is 8.27. The second-order valence-corrected chi connectivity index (χ2v) is 6.28. The SMILES string of the molecule is CC(Oc1cccc(N)c1)C(=O)O/C=C(\N)Cc1cccc2ccccc12. The summed E-state index contributed by atoms with van der Waals surface area (Å²) in [7, 11) is 0. The molecule has 0 heterocycles. The van der Waals surface area contributed by atoms with E-state index in [0.717, 1.165) is 16.3 Å². The number of benzene rings is 3. The van der Waals surface area contributed by atoms with Crippen LogP contribution in [0.2, 0.25) is 0 Å². The van der Waals surface area contributed by atoms with Crippen LogP contribution in [0.3, 0.4) is 0 Å². The van der Waals surface area contributed by atoms with Gasteiger partial charge in [-0.05, 0) is 35.4 Å². The number of nitrogen functional groups attached to an aromatic ring is 1. The lowest BCUT2D eigenvalue weighted by atomic mass is 10.0. The highest BCUT2D eigenvalue weighted by Gasteiger charge is 2.16. The van der Waals surface area contributed by atoms with Crippen molar-refractivity contribution in [1.82, 2.24) is 0 Å². The van der Waals surface area contributed by atoms with E-state index in [2.05, 4.69) is 0 Å². The summed E-state index contributed by atoms with van der Waals surface area (Å²) in [5.41, 5.74) is 13.8. The van der Waals surface area contributed by atoms with E-state index in [1.165, 1.54) is 6.26 Å². The lowest BCUT2D eigenvalue weighted by Gasteiger charge is -2.13. The molecule has 0 saturated heterocycles. The van der Waals surface area contributed by atoms with Crippen molar-refractivity contribution >= 4 is 22.4 Å². The molecule has 4 N–H and O–H groups in total. The zero-order chi connectivity index (χ0) is 19.2. The Morgan fingerprint density at radius 1 is 1.07 bits per heavy atom. The minimum absolute atomic E-state index is 0.454. The van der Waals surface area contributed by atoms with Crippen molar-refractivity contribution in [3.63, 3.8) is 0 Å². The van der Waals surface area contributed by atoms with Crippen LogP contribution < -0.4 is 16.2 Å². The van der Waals surface area contributed by atoms with E-state index < -0.39 is 12.1 Å². The third kappa shape index (κ3) is 4.79. The Morgan fingerprint density at radius 2 is 1.81 bits per heavy atom. The normalized spacial score (nSPS) is 12.6. The maximum absolute atomic E-state index is 12.1. The fourth-order valence-electron chi connectivity index (χ4n) is 2.78. The Morgan fingerprint density at radius 3 is 2.63 bits per heavy atom. The third-order valence-electron chi connectivity index (χ3n) is 4.10. The molecule has 0 saturated carbocycles. The molecule has 0 aliphatic rings. The van der Waals surface area contributed by atoms with Gasteiger partial charge in [0.15, 0.2) is 6.10 Å². The molecule has 0 bridgehead atoms. The highest BCUT2D eigenvalue weighted by atomic mass is 16.6. The maximum atomic E-state index is 12.1. The number of carbonyl (C=O) groups excluding carboxylic acids is 1. The van der Waals surface area contributed by atoms with E-state index in [4.69, 9.17) is 20.9 Å². The van der Waals surface area contributed by atoms with E-state index in [-0.39, 0.29) is 0 Å². The average molecular weight is 362 g/mol. The van der Waals surface area contributed by atoms with Crippen LogP contribution in [0.5, 0.6) is 5.75 Å². The predicted octanol–water partition coefficient (Wildman–Crippen LogP) is 3.78. The Kier molecular flexibility index (Phi) is 5.61. The van der Waals surface area contributed by atoms with E-state index in [1.807, 2.05) is 42.5 Å². The van der Waals surface area contributed by atoms with Gasteiger partial charge in [-0.3, -0.25) is 0 Å². The Hall–Kier alpha value is -3.47. The molecule has 0 aromatic heterocycles. The van der Waals surface area contributed by atoms with Gasteiger partial charge < -0.3 is 20.9 Å². The quantitative estimate of drug-likeness (QED) is 0.396. The van der Waals surface area contributed by atoms with Gasteiger partial charge in [-0.15, -0.1) is 0 Å². The Labute approximate surface area is 158 Å². The third-order valence-corrected chi connectivity index (χ3v) is 4.10. The molecule has 5 nitrogen and oxygen atoms in total. The van der Waals surface area contributed by atoms with Gasteiger partial charge in [0.25, 0.3) is 0 Å². The van der Waals surface area contributed by atoms with Gasteiger partial charge in [0, 0.05) is 23.9 Å². The first-order valence-electron chi connectivity index (χ1n) is 8.67. The van der Waals surface area contributed by atoms with Gasteiger partial charge in [0.1, 0.15) is 12.0 Å². The molecular formula is C22H22N2O3. The highest BCUT2D eigenvalue weighted by molar-refractivity contribution is 5.85. The molecule has 0 aliphatic carbocycles. The first-order chi connectivity index (χ1) is 13.0. The van der Waals surface area contributed by atoms with Crippen molar-refractivity contribution in [2.45, 2.75) is 19.4 Å². The number of esters is 1. The average Bonchev–Trinajstić information content (AvgIpc) is 2.66. The number of anilines is 1. The van der Waals surface area contributed by atoms with E-state index in [9.17, 15) is 4.79 Å². The minimum atomic E-state index is -0.784. The Bertz CT molecular complexity index is 977. The van der Waals surface area contributed by atoms with Crippen LogP contribution in [0.1, 0.15) is 12.5 Å². The number of ether oxygens (including phenoxy) is 2. The molecule has 3 aromatic rings. The van der Waals surface area contributed by atoms with Gasteiger partial charge in [-0.1, -0.05) is 48.5 Å². The zero-order valence-electron chi connectivity index (χ0n) is 15.1. The number of hydrogen-bond acceptors (Lipinski definition) is 5. The molecule has 27 heavy (non-hydrogen) atoms. The van der Waals surface area contributed by atoms with Crippen molar-refractivity contribution in [3.05, 3.63) is 84.3 Å². The summed E-state index contributed by atoms with van der Waals surface area (Å²) in [6, 6.07) is 21.0. The monoisotopic (exact) mass is 362 g/mol. The standard InChI is InChI=1S/C22H22N2O3/c1-15(27-20-10-5-9-18(23)13-20)22(25)26-14-19(24)12-17-8-4-7-16-6-2-3-11-21(16)17/h2-11,13-15H,12,23-24H2,1H3/b19-14-. The number of carbonyl (C=O) groups is 1. The highest BCUT2D eigenvalue weighted by Crippen LogP contribution is 2.20. The van der Waals surface area contributed by atoms with Gasteiger partial charge >= 0.3 is 5.97 Å². The van der Waals surface area contributed by atoms with E-state index in [1.54, 1.807) is 31.2 Å². The molecule has 0 spiro atoms. The summed E-state index contributed by atoms with van der Waals surface area (Å²) >= 11 is 0. The molecule has 3 rings (SSSR count). The smallest absolute Gasteiger partial charge is 0.351 e.